The number of fused-ring (bicyclic) bond motifs is 13. The average molecular weight is 637 g/mol. The molecule has 0 saturated carbocycles. The fourth-order valence-corrected chi connectivity index (χ4v) is 8.68. The van der Waals surface area contributed by atoms with Crippen LogP contribution in [0, 0.1) is 0 Å². The number of ether oxygens (including phenoxy) is 1. The smallest absolute Gasteiger partial charge is 0.132 e. The monoisotopic (exact) mass is 636 g/mol. The van der Waals surface area contributed by atoms with Gasteiger partial charge in [-0.1, -0.05) is 140 Å². The summed E-state index contributed by atoms with van der Waals surface area (Å²) < 4.78 is 6.82. The van der Waals surface area contributed by atoms with Crippen LogP contribution in [0.4, 0.5) is 0 Å². The topological polar surface area (TPSA) is 35.0 Å². The minimum atomic E-state index is -0.470. The fourth-order valence-electron chi connectivity index (χ4n) is 8.68. The van der Waals surface area contributed by atoms with Crippen molar-refractivity contribution in [2.75, 3.05) is 0 Å². The quantitative estimate of drug-likeness (QED) is 0.177. The third kappa shape index (κ3) is 3.64. The van der Waals surface area contributed by atoms with E-state index in [0.717, 1.165) is 61.1 Å². The van der Waals surface area contributed by atoms with Crippen molar-refractivity contribution in [1.82, 2.24) is 9.97 Å². The second kappa shape index (κ2) is 10.2. The van der Waals surface area contributed by atoms with Crippen molar-refractivity contribution in [3.8, 4) is 45.0 Å². The maximum absolute atomic E-state index is 6.82. The van der Waals surface area contributed by atoms with Gasteiger partial charge in [0.2, 0.25) is 0 Å². The van der Waals surface area contributed by atoms with E-state index in [1.165, 1.54) is 38.8 Å². The first-order valence-corrected chi connectivity index (χ1v) is 17.1. The van der Waals surface area contributed by atoms with Gasteiger partial charge in [-0.25, -0.2) is 4.98 Å². The molecule has 232 valence electrons. The van der Waals surface area contributed by atoms with Gasteiger partial charge in [0.05, 0.1) is 22.1 Å². The lowest BCUT2D eigenvalue weighted by molar-refractivity contribution is 0.436. The van der Waals surface area contributed by atoms with E-state index in [1.807, 2.05) is 12.3 Å². The summed E-state index contributed by atoms with van der Waals surface area (Å²) in [6.07, 6.45) is 1.84. The largest absolute Gasteiger partial charge is 0.457 e. The van der Waals surface area contributed by atoms with Gasteiger partial charge in [0.25, 0.3) is 0 Å². The van der Waals surface area contributed by atoms with Crippen LogP contribution < -0.4 is 4.74 Å². The standard InChI is InChI=1S/C47H28N2O/c1-2-12-34-33(11-1)32(23-24-37(34)42-26-22-30-20-19-29-10-9-27-48-45(29)46(30)49-42)31-21-25-41-44(28-31)50-43-18-8-7-17-40(43)47(41)38-15-5-3-13-35(38)36-14-4-6-16-39(36)47/h1-28H. The van der Waals surface area contributed by atoms with E-state index >= 15 is 0 Å². The van der Waals surface area contributed by atoms with Gasteiger partial charge in [-0.2, -0.15) is 0 Å². The predicted molar refractivity (Wildman–Crippen MR) is 203 cm³/mol. The van der Waals surface area contributed by atoms with E-state index in [1.54, 1.807) is 0 Å². The van der Waals surface area contributed by atoms with E-state index in [-0.39, 0.29) is 0 Å². The molecule has 0 radical (unpaired) electrons. The van der Waals surface area contributed by atoms with Gasteiger partial charge < -0.3 is 4.74 Å². The Labute approximate surface area is 289 Å². The summed E-state index contributed by atoms with van der Waals surface area (Å²) in [5.74, 6) is 1.78. The van der Waals surface area contributed by atoms with Crippen LogP contribution in [-0.2, 0) is 5.41 Å². The number of benzene rings is 7. The number of nitrogens with zero attached hydrogens (tertiary/aromatic N) is 2. The number of hydrogen-bond donors (Lipinski definition) is 0. The van der Waals surface area contributed by atoms with Crippen molar-refractivity contribution in [3.05, 3.63) is 192 Å². The Balaban J connectivity index is 1.11. The number of para-hydroxylation sites is 1. The van der Waals surface area contributed by atoms with Crippen LogP contribution in [0.1, 0.15) is 22.3 Å². The first-order chi connectivity index (χ1) is 24.8. The summed E-state index contributed by atoms with van der Waals surface area (Å²) in [6, 6.07) is 58.7. The zero-order chi connectivity index (χ0) is 32.8. The maximum atomic E-state index is 6.82. The molecule has 7 aromatic carbocycles. The van der Waals surface area contributed by atoms with E-state index in [2.05, 4.69) is 163 Å². The van der Waals surface area contributed by atoms with E-state index < -0.39 is 5.41 Å². The molecule has 1 spiro atoms. The van der Waals surface area contributed by atoms with Gasteiger partial charge in [0, 0.05) is 33.7 Å². The number of pyridine rings is 2. The van der Waals surface area contributed by atoms with Crippen LogP contribution >= 0.6 is 0 Å². The molecule has 0 unspecified atom stereocenters. The van der Waals surface area contributed by atoms with Crippen LogP contribution in [0.2, 0.25) is 0 Å². The molecule has 0 atom stereocenters. The van der Waals surface area contributed by atoms with Gasteiger partial charge in [-0.05, 0) is 68.4 Å². The highest BCUT2D eigenvalue weighted by Gasteiger charge is 2.50. The van der Waals surface area contributed by atoms with E-state index in [4.69, 9.17) is 9.72 Å². The Kier molecular flexibility index (Phi) is 5.59. The fraction of sp³-hybridized carbons (Fsp3) is 0.0213. The molecule has 11 rings (SSSR count). The molecule has 1 aliphatic heterocycles. The number of aromatic nitrogens is 2. The number of rotatable bonds is 2. The third-order valence-electron chi connectivity index (χ3n) is 10.8. The summed E-state index contributed by atoms with van der Waals surface area (Å²) in [7, 11) is 0. The highest BCUT2D eigenvalue weighted by atomic mass is 16.5. The van der Waals surface area contributed by atoms with Gasteiger partial charge >= 0.3 is 0 Å². The van der Waals surface area contributed by atoms with Crippen LogP contribution in [0.15, 0.2) is 170 Å². The molecule has 3 nitrogen and oxygen atoms in total. The molecule has 1 aliphatic carbocycles. The van der Waals surface area contributed by atoms with Crippen molar-refractivity contribution in [2.24, 2.45) is 0 Å². The Morgan fingerprint density at radius 3 is 1.84 bits per heavy atom. The molecular weight excluding hydrogens is 609 g/mol. The summed E-state index contributed by atoms with van der Waals surface area (Å²) in [6.45, 7) is 0. The van der Waals surface area contributed by atoms with Crippen molar-refractivity contribution in [3.63, 3.8) is 0 Å². The zero-order valence-electron chi connectivity index (χ0n) is 27.0. The molecular formula is C47H28N2O. The Bertz CT molecular complexity index is 2830. The molecule has 3 heterocycles. The van der Waals surface area contributed by atoms with Crippen LogP contribution in [0.5, 0.6) is 11.5 Å². The first kappa shape index (κ1) is 27.4. The first-order valence-electron chi connectivity index (χ1n) is 17.1. The van der Waals surface area contributed by atoms with Crippen LogP contribution in [-0.4, -0.2) is 9.97 Å². The second-order valence-electron chi connectivity index (χ2n) is 13.3. The zero-order valence-corrected chi connectivity index (χ0v) is 27.0. The molecule has 2 aromatic heterocycles. The normalized spacial score (nSPS) is 13.5. The Morgan fingerprint density at radius 1 is 0.420 bits per heavy atom. The molecule has 9 aromatic rings. The second-order valence-corrected chi connectivity index (χ2v) is 13.3. The average Bonchev–Trinajstić information content (AvgIpc) is 3.48. The van der Waals surface area contributed by atoms with E-state index in [9.17, 15) is 0 Å². The number of hydrogen-bond acceptors (Lipinski definition) is 3. The molecule has 0 fully saturated rings. The summed E-state index contributed by atoms with van der Waals surface area (Å²) in [4.78, 5) is 9.89. The molecule has 3 heteroatoms. The maximum Gasteiger partial charge on any atom is 0.132 e. The predicted octanol–water partition coefficient (Wildman–Crippen LogP) is 11.7. The lowest BCUT2D eigenvalue weighted by atomic mass is 9.66. The van der Waals surface area contributed by atoms with Gasteiger partial charge in [0.15, 0.2) is 0 Å². The molecule has 0 saturated heterocycles. The van der Waals surface area contributed by atoms with Crippen molar-refractivity contribution < 1.29 is 4.74 Å². The van der Waals surface area contributed by atoms with Gasteiger partial charge in [-0.15, -0.1) is 0 Å². The minimum absolute atomic E-state index is 0.470. The third-order valence-corrected chi connectivity index (χ3v) is 10.8. The summed E-state index contributed by atoms with van der Waals surface area (Å²) in [5.41, 5.74) is 13.2. The van der Waals surface area contributed by atoms with Crippen molar-refractivity contribution in [2.45, 2.75) is 5.41 Å². The molecule has 0 bridgehead atoms. The Morgan fingerprint density at radius 2 is 1.04 bits per heavy atom. The van der Waals surface area contributed by atoms with Crippen molar-refractivity contribution in [1.29, 1.82) is 0 Å². The lowest BCUT2D eigenvalue weighted by Crippen LogP contribution is -2.32. The summed E-state index contributed by atoms with van der Waals surface area (Å²) >= 11 is 0. The highest BCUT2D eigenvalue weighted by Crippen LogP contribution is 2.62. The molecule has 50 heavy (non-hydrogen) atoms. The van der Waals surface area contributed by atoms with Gasteiger partial charge in [-0.3, -0.25) is 4.98 Å². The minimum Gasteiger partial charge on any atom is -0.457 e. The lowest BCUT2D eigenvalue weighted by Gasteiger charge is -2.39. The van der Waals surface area contributed by atoms with Gasteiger partial charge in [0.1, 0.15) is 11.5 Å². The molecule has 0 N–H and O–H groups in total. The highest BCUT2D eigenvalue weighted by molar-refractivity contribution is 6.07. The Hall–Kier alpha value is -6.58. The van der Waals surface area contributed by atoms with Crippen LogP contribution in [0.3, 0.4) is 0 Å². The van der Waals surface area contributed by atoms with Crippen LogP contribution in [0.25, 0.3) is 66.1 Å². The molecule has 0 amide bonds. The van der Waals surface area contributed by atoms with Crippen molar-refractivity contribution >= 4 is 32.6 Å². The molecule has 2 aliphatic rings. The summed E-state index contributed by atoms with van der Waals surface area (Å²) in [5, 5.41) is 4.50. The SMILES string of the molecule is c1ccc2c(c1)Oc1cc(-c3ccc(-c4ccc5ccc6cccnc6c5n4)c4ccccc34)ccc1C21c2ccccc2-c2ccccc21. The van der Waals surface area contributed by atoms with E-state index in [0.29, 0.717) is 0 Å².